The number of hydrogen-bond donors (Lipinski definition) is 1. The molecule has 0 amide bonds. The lowest BCUT2D eigenvalue weighted by molar-refractivity contribution is -0.136. The number of esters is 1. The maximum atomic E-state index is 12.7. The molecule has 1 atom stereocenters. The number of hydrogen-bond acceptors (Lipinski definition) is 5. The highest BCUT2D eigenvalue weighted by molar-refractivity contribution is 7.80. The van der Waals surface area contributed by atoms with E-state index in [2.05, 4.69) is 10.1 Å². The summed E-state index contributed by atoms with van der Waals surface area (Å²) in [6, 6.07) is 4.26. The lowest BCUT2D eigenvalue weighted by Gasteiger charge is -2.37. The first-order valence-corrected chi connectivity index (χ1v) is 9.38. The number of nitrogens with one attached hydrogen (secondary N) is 1. The van der Waals surface area contributed by atoms with E-state index in [1.165, 1.54) is 13.2 Å². The molecule has 6 nitrogen and oxygen atoms in total. The van der Waals surface area contributed by atoms with Crippen molar-refractivity contribution in [2.75, 3.05) is 13.7 Å². The largest absolute Gasteiger partial charge is 0.490 e. The molecular formula is C19H22F2N2O4S. The Bertz CT molecular complexity index is 811. The van der Waals surface area contributed by atoms with Gasteiger partial charge in [0.2, 0.25) is 0 Å². The number of thiocarbonyl (C=S) groups is 1. The van der Waals surface area contributed by atoms with Gasteiger partial charge in [-0.15, -0.1) is 0 Å². The number of halogens is 2. The Morgan fingerprint density at radius 1 is 1.36 bits per heavy atom. The van der Waals surface area contributed by atoms with Gasteiger partial charge < -0.3 is 24.4 Å². The highest BCUT2D eigenvalue weighted by atomic mass is 32.1. The Morgan fingerprint density at radius 2 is 2.07 bits per heavy atom. The number of methoxy groups -OCH3 is 1. The molecule has 1 aliphatic heterocycles. The highest BCUT2D eigenvalue weighted by Gasteiger charge is 2.40. The predicted molar refractivity (Wildman–Crippen MR) is 102 cm³/mol. The first kappa shape index (κ1) is 20.3. The molecule has 9 heteroatoms. The van der Waals surface area contributed by atoms with Gasteiger partial charge in [0.1, 0.15) is 0 Å². The summed E-state index contributed by atoms with van der Waals surface area (Å²) in [5.41, 5.74) is 1.78. The second-order valence-corrected chi connectivity index (χ2v) is 6.88. The lowest BCUT2D eigenvalue weighted by atomic mass is 9.94. The third kappa shape index (κ3) is 4.04. The fourth-order valence-corrected chi connectivity index (χ4v) is 3.72. The molecule has 152 valence electrons. The maximum Gasteiger partial charge on any atom is 0.387 e. The monoisotopic (exact) mass is 412 g/mol. The first-order valence-electron chi connectivity index (χ1n) is 8.97. The molecule has 0 radical (unpaired) electrons. The van der Waals surface area contributed by atoms with Crippen molar-refractivity contribution in [3.63, 3.8) is 0 Å². The van der Waals surface area contributed by atoms with Gasteiger partial charge in [0.05, 0.1) is 25.3 Å². The molecule has 1 aromatic rings. The van der Waals surface area contributed by atoms with E-state index < -0.39 is 18.6 Å². The number of allylic oxidation sites excluding steroid dienone is 1. The van der Waals surface area contributed by atoms with Crippen LogP contribution in [-0.4, -0.2) is 42.4 Å². The number of alkyl halides is 2. The molecule has 28 heavy (non-hydrogen) atoms. The van der Waals surface area contributed by atoms with Crippen LogP contribution in [0.4, 0.5) is 8.78 Å². The van der Waals surface area contributed by atoms with Crippen LogP contribution in [0.15, 0.2) is 29.5 Å². The van der Waals surface area contributed by atoms with E-state index in [4.69, 9.17) is 21.7 Å². The van der Waals surface area contributed by atoms with Gasteiger partial charge in [-0.3, -0.25) is 0 Å². The number of benzene rings is 1. The molecule has 3 rings (SSSR count). The second kappa shape index (κ2) is 8.30. The third-order valence-corrected chi connectivity index (χ3v) is 4.98. The molecule has 1 heterocycles. The summed E-state index contributed by atoms with van der Waals surface area (Å²) in [4.78, 5) is 14.5. The first-order chi connectivity index (χ1) is 13.4. The molecular weight excluding hydrogens is 390 g/mol. The fourth-order valence-electron chi connectivity index (χ4n) is 3.32. The minimum atomic E-state index is -2.97. The summed E-state index contributed by atoms with van der Waals surface area (Å²) in [6.07, 6.45) is 2.01. The van der Waals surface area contributed by atoms with Crippen LogP contribution in [0.2, 0.25) is 0 Å². The van der Waals surface area contributed by atoms with Crippen LogP contribution in [-0.2, 0) is 9.53 Å². The van der Waals surface area contributed by atoms with Crippen LogP contribution >= 0.6 is 12.2 Å². The van der Waals surface area contributed by atoms with Gasteiger partial charge in [0.25, 0.3) is 0 Å². The Hall–Kier alpha value is -2.42. The normalized spacial score (nSPS) is 19.6. The van der Waals surface area contributed by atoms with Crippen molar-refractivity contribution in [1.82, 2.24) is 10.2 Å². The Kier molecular flexibility index (Phi) is 6.02. The van der Waals surface area contributed by atoms with Gasteiger partial charge in [-0.05, 0) is 56.6 Å². The summed E-state index contributed by atoms with van der Waals surface area (Å²) in [7, 11) is 1.32. The average Bonchev–Trinajstić information content (AvgIpc) is 3.47. The van der Waals surface area contributed by atoms with Crippen molar-refractivity contribution in [2.24, 2.45) is 0 Å². The van der Waals surface area contributed by atoms with Crippen molar-refractivity contribution in [3.8, 4) is 11.5 Å². The van der Waals surface area contributed by atoms with Gasteiger partial charge in [0.15, 0.2) is 16.6 Å². The SMILES string of the molecule is CCOc1cc([C@@H]2NC(=S)N(C3CC3)C(C)=C2C(=O)OC)ccc1OC(F)F. The summed E-state index contributed by atoms with van der Waals surface area (Å²) < 4.78 is 40.3. The zero-order chi connectivity index (χ0) is 20.4. The van der Waals surface area contributed by atoms with Crippen molar-refractivity contribution < 1.29 is 27.8 Å². The molecule has 1 aromatic carbocycles. The van der Waals surface area contributed by atoms with Crippen LogP contribution in [0.5, 0.6) is 11.5 Å². The van der Waals surface area contributed by atoms with E-state index in [0.29, 0.717) is 16.2 Å². The summed E-state index contributed by atoms with van der Waals surface area (Å²) in [5, 5.41) is 3.70. The predicted octanol–water partition coefficient (Wildman–Crippen LogP) is 3.53. The van der Waals surface area contributed by atoms with Gasteiger partial charge >= 0.3 is 12.6 Å². The molecule has 0 aromatic heterocycles. The van der Waals surface area contributed by atoms with Crippen LogP contribution in [0.1, 0.15) is 38.3 Å². The molecule has 0 saturated heterocycles. The molecule has 1 saturated carbocycles. The summed E-state index contributed by atoms with van der Waals surface area (Å²) >= 11 is 5.51. The minimum Gasteiger partial charge on any atom is -0.490 e. The number of nitrogens with zero attached hydrogens (tertiary/aromatic N) is 1. The van der Waals surface area contributed by atoms with Crippen LogP contribution in [0.3, 0.4) is 0 Å². The molecule has 1 aliphatic carbocycles. The van der Waals surface area contributed by atoms with Crippen molar-refractivity contribution in [3.05, 3.63) is 35.0 Å². The Balaban J connectivity index is 2.03. The van der Waals surface area contributed by atoms with Crippen molar-refractivity contribution in [2.45, 2.75) is 45.4 Å². The quantitative estimate of drug-likeness (QED) is 0.543. The second-order valence-electron chi connectivity index (χ2n) is 6.49. The van der Waals surface area contributed by atoms with E-state index in [1.807, 2.05) is 11.8 Å². The number of carbonyl (C=O) groups excluding carboxylic acids is 1. The van der Waals surface area contributed by atoms with Crippen molar-refractivity contribution >= 4 is 23.3 Å². The standard InChI is InChI=1S/C19H22F2N2O4S/c1-4-26-14-9-11(5-8-13(14)27-18(20)21)16-15(17(24)25-3)10(2)23(12-6-7-12)19(28)22-16/h5,8-9,12,16,18H,4,6-7H2,1-3H3,(H,22,28)/t16-/m0/s1. The number of ether oxygens (including phenoxy) is 3. The zero-order valence-electron chi connectivity index (χ0n) is 15.8. The molecule has 0 bridgehead atoms. The number of carbonyl (C=O) groups is 1. The molecule has 0 unspecified atom stereocenters. The van der Waals surface area contributed by atoms with Crippen LogP contribution in [0, 0.1) is 0 Å². The average molecular weight is 412 g/mol. The van der Waals surface area contributed by atoms with E-state index in [0.717, 1.165) is 18.5 Å². The Morgan fingerprint density at radius 3 is 2.64 bits per heavy atom. The van der Waals surface area contributed by atoms with Crippen LogP contribution < -0.4 is 14.8 Å². The van der Waals surface area contributed by atoms with Gasteiger partial charge in [-0.25, -0.2) is 4.79 Å². The van der Waals surface area contributed by atoms with Gasteiger partial charge in [-0.1, -0.05) is 6.07 Å². The van der Waals surface area contributed by atoms with Crippen LogP contribution in [0.25, 0.3) is 0 Å². The molecule has 0 spiro atoms. The Labute approximate surface area is 167 Å². The molecule has 1 N–H and O–H groups in total. The minimum absolute atomic E-state index is 0.0705. The number of rotatable bonds is 7. The fraction of sp³-hybridized carbons (Fsp3) is 0.474. The van der Waals surface area contributed by atoms with Gasteiger partial charge in [0, 0.05) is 11.7 Å². The summed E-state index contributed by atoms with van der Waals surface area (Å²) in [6.45, 7) is 0.880. The van der Waals surface area contributed by atoms with E-state index in [-0.39, 0.29) is 24.1 Å². The van der Waals surface area contributed by atoms with Gasteiger partial charge in [-0.2, -0.15) is 8.78 Å². The highest BCUT2D eigenvalue weighted by Crippen LogP contribution is 2.40. The summed E-state index contributed by atoms with van der Waals surface area (Å²) in [5.74, 6) is -0.382. The topological polar surface area (TPSA) is 60.0 Å². The van der Waals surface area contributed by atoms with Crippen molar-refractivity contribution in [1.29, 1.82) is 0 Å². The third-order valence-electron chi connectivity index (χ3n) is 4.66. The maximum absolute atomic E-state index is 12.7. The molecule has 2 aliphatic rings. The smallest absolute Gasteiger partial charge is 0.387 e. The zero-order valence-corrected chi connectivity index (χ0v) is 16.6. The lowest BCUT2D eigenvalue weighted by Crippen LogP contribution is -2.48. The van der Waals surface area contributed by atoms with E-state index in [1.54, 1.807) is 19.1 Å². The van der Waals surface area contributed by atoms with E-state index >= 15 is 0 Å². The van der Waals surface area contributed by atoms with E-state index in [9.17, 15) is 13.6 Å². The molecule has 1 fully saturated rings.